The second-order valence-corrected chi connectivity index (χ2v) is 9.82. The molecule has 0 saturated carbocycles. The van der Waals surface area contributed by atoms with Gasteiger partial charge >= 0.3 is 0 Å². The minimum atomic E-state index is -0.514. The molecule has 0 aliphatic carbocycles. The van der Waals surface area contributed by atoms with Gasteiger partial charge in [-0.05, 0) is 33.9 Å². The van der Waals surface area contributed by atoms with Crippen LogP contribution in [0.15, 0.2) is 12.1 Å². The summed E-state index contributed by atoms with van der Waals surface area (Å²) in [5.41, 5.74) is 2.37. The minimum Gasteiger partial charge on any atom is -0.507 e. The summed E-state index contributed by atoms with van der Waals surface area (Å²) in [4.78, 5) is 11.5. The van der Waals surface area contributed by atoms with Crippen LogP contribution in [0.5, 0.6) is 5.75 Å². The summed E-state index contributed by atoms with van der Waals surface area (Å²) in [7, 11) is -0.514. The van der Waals surface area contributed by atoms with Gasteiger partial charge in [-0.25, -0.2) is 0 Å². The summed E-state index contributed by atoms with van der Waals surface area (Å²) < 4.78 is 0. The van der Waals surface area contributed by atoms with E-state index in [-0.39, 0.29) is 21.9 Å². The quantitative estimate of drug-likeness (QED) is 0.688. The number of nitrogens with one attached hydrogen (secondary N) is 2. The molecule has 0 spiro atoms. The van der Waals surface area contributed by atoms with E-state index in [0.717, 1.165) is 16.7 Å². The SMILES string of the molecule is CC(C)(C)c1cc(/C=S2/CC(=O)NC2=N)cc(C(C)(C)C)c1O. The molecule has 4 nitrogen and oxygen atoms in total. The van der Waals surface area contributed by atoms with Gasteiger partial charge in [-0.15, -0.1) is 10.5 Å². The van der Waals surface area contributed by atoms with Crippen molar-refractivity contribution >= 4 is 26.9 Å². The minimum absolute atomic E-state index is 0.0968. The Bertz CT molecular complexity index is 672. The summed E-state index contributed by atoms with van der Waals surface area (Å²) in [5, 5.41) is 23.4. The zero-order valence-corrected chi connectivity index (χ0v) is 15.5. The van der Waals surface area contributed by atoms with Crippen LogP contribution < -0.4 is 5.32 Å². The smallest absolute Gasteiger partial charge is 0.235 e. The molecule has 1 aromatic carbocycles. The molecule has 1 saturated heterocycles. The lowest BCUT2D eigenvalue weighted by Crippen LogP contribution is -2.19. The van der Waals surface area contributed by atoms with Crippen LogP contribution >= 0.6 is 10.5 Å². The van der Waals surface area contributed by atoms with E-state index in [1.807, 2.05) is 17.5 Å². The Kier molecular flexibility index (Phi) is 4.46. The monoisotopic (exact) mass is 334 g/mol. The van der Waals surface area contributed by atoms with Crippen molar-refractivity contribution in [3.8, 4) is 5.75 Å². The maximum atomic E-state index is 11.5. The summed E-state index contributed by atoms with van der Waals surface area (Å²) in [6.45, 7) is 12.4. The summed E-state index contributed by atoms with van der Waals surface area (Å²) in [5.74, 6) is 0.594. The number of aromatic hydroxyl groups is 1. The van der Waals surface area contributed by atoms with Gasteiger partial charge in [0, 0.05) is 11.1 Å². The predicted molar refractivity (Wildman–Crippen MR) is 99.0 cm³/mol. The molecule has 23 heavy (non-hydrogen) atoms. The molecule has 3 N–H and O–H groups in total. The third-order valence-corrected chi connectivity index (χ3v) is 5.58. The maximum absolute atomic E-state index is 11.5. The van der Waals surface area contributed by atoms with Gasteiger partial charge in [0.25, 0.3) is 0 Å². The fourth-order valence-electron chi connectivity index (χ4n) is 2.57. The molecule has 1 aliphatic heterocycles. The number of benzene rings is 1. The van der Waals surface area contributed by atoms with Gasteiger partial charge in [-0.3, -0.25) is 10.2 Å². The molecular weight excluding hydrogens is 308 g/mol. The van der Waals surface area contributed by atoms with Gasteiger partial charge in [-0.1, -0.05) is 41.5 Å². The van der Waals surface area contributed by atoms with E-state index in [0.29, 0.717) is 11.5 Å². The van der Waals surface area contributed by atoms with Crippen molar-refractivity contribution < 1.29 is 9.90 Å². The first-order valence-corrected chi connectivity index (χ1v) is 9.16. The number of amides is 1. The Morgan fingerprint density at radius 2 is 1.61 bits per heavy atom. The number of phenols is 1. The summed E-state index contributed by atoms with van der Waals surface area (Å²) in [6, 6.07) is 3.96. The molecule has 1 atom stereocenters. The number of amidine groups is 1. The van der Waals surface area contributed by atoms with E-state index in [4.69, 9.17) is 5.41 Å². The van der Waals surface area contributed by atoms with Crippen LogP contribution in [0.4, 0.5) is 0 Å². The van der Waals surface area contributed by atoms with Crippen molar-refractivity contribution in [3.63, 3.8) is 0 Å². The fraction of sp³-hybridized carbons (Fsp3) is 0.500. The molecule has 126 valence electrons. The van der Waals surface area contributed by atoms with Crippen molar-refractivity contribution in [1.29, 1.82) is 5.41 Å². The van der Waals surface area contributed by atoms with Crippen molar-refractivity contribution in [2.45, 2.75) is 52.4 Å². The Labute approximate surface area is 140 Å². The fourth-order valence-corrected chi connectivity index (χ4v) is 3.98. The van der Waals surface area contributed by atoms with Gasteiger partial charge in [0.15, 0.2) is 5.17 Å². The van der Waals surface area contributed by atoms with Crippen LogP contribution in [0.25, 0.3) is 0 Å². The molecule has 1 aliphatic rings. The first-order chi connectivity index (χ1) is 10.4. The molecule has 1 heterocycles. The molecule has 0 radical (unpaired) electrons. The summed E-state index contributed by atoms with van der Waals surface area (Å²) in [6.07, 6.45) is 0. The number of hydrogen-bond acceptors (Lipinski definition) is 3. The lowest BCUT2D eigenvalue weighted by molar-refractivity contribution is -0.116. The number of rotatable bonds is 1. The highest BCUT2D eigenvalue weighted by molar-refractivity contribution is 8.29. The number of phenolic OH excluding ortho intramolecular Hbond substituents is 1. The van der Waals surface area contributed by atoms with E-state index < -0.39 is 10.5 Å². The highest BCUT2D eigenvalue weighted by Crippen LogP contribution is 2.39. The van der Waals surface area contributed by atoms with Crippen molar-refractivity contribution in [2.24, 2.45) is 0 Å². The van der Waals surface area contributed by atoms with Gasteiger partial charge in [0.1, 0.15) is 5.75 Å². The van der Waals surface area contributed by atoms with Crippen LogP contribution in [-0.4, -0.2) is 27.3 Å². The molecule has 0 bridgehead atoms. The number of carbonyl (C=O) groups excluding carboxylic acids is 1. The average Bonchev–Trinajstić information content (AvgIpc) is 2.67. The maximum Gasteiger partial charge on any atom is 0.235 e. The van der Waals surface area contributed by atoms with Crippen molar-refractivity contribution in [3.05, 3.63) is 28.8 Å². The molecule has 5 heteroatoms. The molecule has 0 aromatic heterocycles. The van der Waals surface area contributed by atoms with Crippen LogP contribution in [0.1, 0.15) is 58.2 Å². The lowest BCUT2D eigenvalue weighted by Gasteiger charge is -2.28. The second kappa shape index (κ2) is 5.78. The van der Waals surface area contributed by atoms with E-state index >= 15 is 0 Å². The van der Waals surface area contributed by atoms with E-state index in [2.05, 4.69) is 46.9 Å². The highest BCUT2D eigenvalue weighted by Gasteiger charge is 2.27. The molecule has 1 aromatic rings. The van der Waals surface area contributed by atoms with E-state index in [1.54, 1.807) is 0 Å². The van der Waals surface area contributed by atoms with Crippen LogP contribution in [-0.2, 0) is 15.6 Å². The topological polar surface area (TPSA) is 73.2 Å². The third-order valence-electron chi connectivity index (χ3n) is 3.83. The van der Waals surface area contributed by atoms with Gasteiger partial charge in [0.05, 0.1) is 5.75 Å². The van der Waals surface area contributed by atoms with Crippen LogP contribution in [0, 0.1) is 5.41 Å². The Balaban J connectivity index is 2.64. The van der Waals surface area contributed by atoms with Crippen molar-refractivity contribution in [2.75, 3.05) is 5.75 Å². The Hall–Kier alpha value is -1.62. The molecule has 1 amide bonds. The highest BCUT2D eigenvalue weighted by atomic mass is 32.2. The first kappa shape index (κ1) is 17.7. The van der Waals surface area contributed by atoms with Crippen LogP contribution in [0.3, 0.4) is 0 Å². The Morgan fingerprint density at radius 1 is 1.13 bits per heavy atom. The zero-order chi connectivity index (χ0) is 17.6. The van der Waals surface area contributed by atoms with E-state index in [9.17, 15) is 9.90 Å². The summed E-state index contributed by atoms with van der Waals surface area (Å²) >= 11 is 0. The standard InChI is InChI=1S/C18H26N2O2S/c1-17(2,3)12-7-11(8-13(15(12)22)18(4,5)6)9-23-10-14(21)20-16(23)19/h7-9,22H,10H2,1-6H3,(H2,19,20,21). The zero-order valence-electron chi connectivity index (χ0n) is 14.7. The largest absolute Gasteiger partial charge is 0.507 e. The van der Waals surface area contributed by atoms with Gasteiger partial charge in [0.2, 0.25) is 5.91 Å². The predicted octanol–water partition coefficient (Wildman–Crippen LogP) is 3.47. The second-order valence-electron chi connectivity index (χ2n) is 8.03. The van der Waals surface area contributed by atoms with Crippen molar-refractivity contribution in [1.82, 2.24) is 5.32 Å². The normalized spacial score (nSPS) is 19.3. The molecule has 1 unspecified atom stereocenters. The van der Waals surface area contributed by atoms with Gasteiger partial charge < -0.3 is 10.4 Å². The Morgan fingerprint density at radius 3 is 1.96 bits per heavy atom. The van der Waals surface area contributed by atoms with Gasteiger partial charge in [-0.2, -0.15) is 0 Å². The molecule has 1 fully saturated rings. The van der Waals surface area contributed by atoms with E-state index in [1.165, 1.54) is 0 Å². The first-order valence-electron chi connectivity index (χ1n) is 7.70. The lowest BCUT2D eigenvalue weighted by atomic mass is 9.78. The number of hydrogen-bond donors (Lipinski definition) is 3. The molecular formula is C18H26N2O2S. The number of carbonyl (C=O) groups is 1. The van der Waals surface area contributed by atoms with Crippen LogP contribution in [0.2, 0.25) is 0 Å². The third kappa shape index (κ3) is 3.83. The average molecular weight is 334 g/mol. The molecule has 2 rings (SSSR count).